The van der Waals surface area contributed by atoms with Crippen LogP contribution in [0.1, 0.15) is 106 Å². The summed E-state index contributed by atoms with van der Waals surface area (Å²) in [4.78, 5) is 55.3. The van der Waals surface area contributed by atoms with Crippen LogP contribution in [0, 0.1) is 57.3 Å². The highest BCUT2D eigenvalue weighted by Crippen LogP contribution is 2.74. The summed E-state index contributed by atoms with van der Waals surface area (Å²) in [5, 5.41) is 2.66. The average Bonchev–Trinajstić information content (AvgIpc) is 2.90. The molecule has 0 aliphatic heterocycles. The Bertz CT molecular complexity index is 1300. The second kappa shape index (κ2) is 9.75. The van der Waals surface area contributed by atoms with Crippen molar-refractivity contribution in [3.63, 3.8) is 0 Å². The van der Waals surface area contributed by atoms with Gasteiger partial charge in [0.15, 0.2) is 17.3 Å². The zero-order chi connectivity index (χ0) is 30.2. The van der Waals surface area contributed by atoms with Gasteiger partial charge in [-0.15, -0.1) is 0 Å². The molecule has 0 heterocycles. The summed E-state index contributed by atoms with van der Waals surface area (Å²) in [6, 6.07) is 0. The molecular weight excluding hydrogens is 512 g/mol. The SMILES string of the molecule is [C-]#[N+]C1=C[C@]2(C)C3=CC(=O)[C@@H]4[C@@H]5CC(C)(C)CC[C@]5(CCC(=O)CNC(C)=O)CC[C@@]4(C)[C@]3(C)CC[C@H]2[C@H](C)C1=O. The lowest BCUT2D eigenvalue weighted by molar-refractivity contribution is -0.171. The second-order valence-corrected chi connectivity index (χ2v) is 15.7. The van der Waals surface area contributed by atoms with Gasteiger partial charge in [-0.3, -0.25) is 14.4 Å². The largest absolute Gasteiger partial charge is 0.349 e. The highest BCUT2D eigenvalue weighted by atomic mass is 16.2. The molecule has 222 valence electrons. The highest BCUT2D eigenvalue weighted by Gasteiger charge is 2.68. The number of carbonyl (C=O) groups is 4. The summed E-state index contributed by atoms with van der Waals surface area (Å²) in [6.07, 6.45) is 12.0. The van der Waals surface area contributed by atoms with E-state index in [-0.39, 0.29) is 80.8 Å². The molecule has 6 nitrogen and oxygen atoms in total. The number of fused-ring (bicyclic) bond motifs is 7. The van der Waals surface area contributed by atoms with Crippen molar-refractivity contribution in [1.29, 1.82) is 0 Å². The zero-order valence-electron chi connectivity index (χ0n) is 26.1. The number of carbonyl (C=O) groups excluding carboxylic acids is 4. The number of nitrogens with zero attached hydrogens (tertiary/aromatic N) is 1. The third-order valence-electron chi connectivity index (χ3n) is 13.1. The van der Waals surface area contributed by atoms with Gasteiger partial charge in [-0.2, -0.15) is 0 Å². The van der Waals surface area contributed by atoms with Crippen molar-refractivity contribution in [2.75, 3.05) is 6.54 Å². The van der Waals surface area contributed by atoms with E-state index in [1.54, 1.807) is 0 Å². The number of rotatable bonds is 5. The fourth-order valence-electron chi connectivity index (χ4n) is 10.5. The molecule has 5 aliphatic carbocycles. The summed E-state index contributed by atoms with van der Waals surface area (Å²) < 4.78 is 0. The van der Waals surface area contributed by atoms with E-state index in [0.29, 0.717) is 6.42 Å². The van der Waals surface area contributed by atoms with E-state index < -0.39 is 5.41 Å². The van der Waals surface area contributed by atoms with Gasteiger partial charge in [0.05, 0.1) is 13.1 Å². The van der Waals surface area contributed by atoms with Crippen LogP contribution < -0.4 is 5.32 Å². The Morgan fingerprint density at radius 3 is 2.37 bits per heavy atom. The molecule has 0 radical (unpaired) electrons. The first-order valence-electron chi connectivity index (χ1n) is 15.7. The van der Waals surface area contributed by atoms with E-state index in [0.717, 1.165) is 56.9 Å². The van der Waals surface area contributed by atoms with Crippen molar-refractivity contribution in [2.45, 2.75) is 106 Å². The zero-order valence-corrected chi connectivity index (χ0v) is 26.1. The third kappa shape index (κ3) is 4.40. The van der Waals surface area contributed by atoms with E-state index in [4.69, 9.17) is 6.57 Å². The number of hydrogen-bond acceptors (Lipinski definition) is 4. The predicted octanol–water partition coefficient (Wildman–Crippen LogP) is 6.65. The van der Waals surface area contributed by atoms with Crippen LogP contribution in [0.5, 0.6) is 0 Å². The van der Waals surface area contributed by atoms with Gasteiger partial charge in [-0.05, 0) is 90.9 Å². The third-order valence-corrected chi connectivity index (χ3v) is 13.1. The second-order valence-electron chi connectivity index (χ2n) is 15.7. The molecular formula is C35H48N2O4. The Balaban J connectivity index is 1.56. The molecule has 0 unspecified atom stereocenters. The topological polar surface area (TPSA) is 84.7 Å². The Morgan fingerprint density at radius 2 is 1.71 bits per heavy atom. The van der Waals surface area contributed by atoms with Gasteiger partial charge in [0.1, 0.15) is 0 Å². The minimum atomic E-state index is -0.486. The van der Waals surface area contributed by atoms with Gasteiger partial charge in [0.2, 0.25) is 11.6 Å². The van der Waals surface area contributed by atoms with Crippen LogP contribution in [0.4, 0.5) is 0 Å². The monoisotopic (exact) mass is 560 g/mol. The molecule has 3 saturated carbocycles. The fraction of sp³-hybridized carbons (Fsp3) is 0.743. The van der Waals surface area contributed by atoms with E-state index in [2.05, 4.69) is 44.8 Å². The van der Waals surface area contributed by atoms with Crippen LogP contribution in [0.3, 0.4) is 0 Å². The summed E-state index contributed by atoms with van der Waals surface area (Å²) in [6.45, 7) is 22.7. The quantitative estimate of drug-likeness (QED) is 0.381. The molecule has 0 spiro atoms. The lowest BCUT2D eigenvalue weighted by Gasteiger charge is -2.69. The Morgan fingerprint density at radius 1 is 1.02 bits per heavy atom. The first kappa shape index (κ1) is 29.9. The van der Waals surface area contributed by atoms with Crippen LogP contribution in [0.15, 0.2) is 23.4 Å². The Kier molecular flexibility index (Phi) is 7.11. The first-order valence-corrected chi connectivity index (χ1v) is 15.7. The molecule has 0 aromatic carbocycles. The maximum Gasteiger partial charge on any atom is 0.226 e. The molecule has 1 amide bonds. The predicted molar refractivity (Wildman–Crippen MR) is 158 cm³/mol. The minimum Gasteiger partial charge on any atom is -0.349 e. The molecule has 0 saturated heterocycles. The smallest absolute Gasteiger partial charge is 0.226 e. The van der Waals surface area contributed by atoms with Crippen LogP contribution in [-0.2, 0) is 19.2 Å². The summed E-state index contributed by atoms with van der Waals surface area (Å²) in [5.74, 6) is -0.0189. The molecule has 6 heteroatoms. The standard InChI is InChI=1S/C35H48N2O4/c1-21-24-10-11-33(6)28(32(24,5)19-26(36-8)30(21)41)17-27(40)29-25-18-31(3,4)13-15-35(25,16-14-34(29,33)7)12-9-23(39)20-37-22(2)38/h17,19,21,24-25,29H,9-16,18,20H2,1-7H3,(H,37,38)/t21-,24-,25-,29-,32-,33+,34+,35+/m0/s1. The Hall–Kier alpha value is -2.55. The van der Waals surface area contributed by atoms with Crippen molar-refractivity contribution in [2.24, 2.45) is 50.7 Å². The van der Waals surface area contributed by atoms with Crippen molar-refractivity contribution >= 4 is 23.3 Å². The van der Waals surface area contributed by atoms with Crippen molar-refractivity contribution in [3.05, 3.63) is 34.8 Å². The van der Waals surface area contributed by atoms with Crippen molar-refractivity contribution in [3.8, 4) is 0 Å². The number of Topliss-reactive ketones (excluding diaryl/α,β-unsaturated/α-hetero) is 2. The normalized spacial score (nSPS) is 42.8. The first-order chi connectivity index (χ1) is 19.0. The maximum atomic E-state index is 14.5. The lowest BCUT2D eigenvalue weighted by atomic mass is 9.34. The number of ketones is 3. The van der Waals surface area contributed by atoms with Crippen LogP contribution in [-0.4, -0.2) is 29.8 Å². The molecule has 0 bridgehead atoms. The molecule has 8 atom stereocenters. The van der Waals surface area contributed by atoms with Gasteiger partial charge in [0, 0.05) is 30.6 Å². The average molecular weight is 561 g/mol. The molecule has 0 aromatic heterocycles. The molecule has 3 fully saturated rings. The summed E-state index contributed by atoms with van der Waals surface area (Å²) >= 11 is 0. The molecule has 41 heavy (non-hydrogen) atoms. The van der Waals surface area contributed by atoms with E-state index in [1.807, 2.05) is 19.1 Å². The van der Waals surface area contributed by atoms with Crippen molar-refractivity contribution < 1.29 is 19.2 Å². The van der Waals surface area contributed by atoms with E-state index in [9.17, 15) is 19.2 Å². The highest BCUT2D eigenvalue weighted by molar-refractivity contribution is 6.01. The van der Waals surface area contributed by atoms with Gasteiger partial charge in [-0.25, -0.2) is 4.85 Å². The number of allylic oxidation sites excluding steroid dienone is 4. The van der Waals surface area contributed by atoms with Gasteiger partial charge < -0.3 is 10.1 Å². The molecule has 1 N–H and O–H groups in total. The maximum absolute atomic E-state index is 14.5. The van der Waals surface area contributed by atoms with Crippen LogP contribution in [0.25, 0.3) is 4.85 Å². The summed E-state index contributed by atoms with van der Waals surface area (Å²) in [7, 11) is 0. The van der Waals surface area contributed by atoms with Gasteiger partial charge in [-0.1, -0.05) is 53.2 Å². The van der Waals surface area contributed by atoms with Gasteiger partial charge in [0.25, 0.3) is 0 Å². The van der Waals surface area contributed by atoms with Gasteiger partial charge >= 0.3 is 0 Å². The number of hydrogen-bond donors (Lipinski definition) is 1. The molecule has 5 rings (SSSR count). The van der Waals surface area contributed by atoms with Crippen LogP contribution in [0.2, 0.25) is 0 Å². The van der Waals surface area contributed by atoms with Crippen LogP contribution >= 0.6 is 0 Å². The number of amides is 1. The van der Waals surface area contributed by atoms with E-state index in [1.165, 1.54) is 6.92 Å². The Labute approximate surface area is 246 Å². The molecule has 0 aromatic rings. The lowest BCUT2D eigenvalue weighted by Crippen LogP contribution is -2.64. The minimum absolute atomic E-state index is 0.0486. The van der Waals surface area contributed by atoms with Crippen molar-refractivity contribution in [1.82, 2.24) is 5.32 Å². The fourth-order valence-corrected chi connectivity index (χ4v) is 10.5. The van der Waals surface area contributed by atoms with E-state index >= 15 is 0 Å². The summed E-state index contributed by atoms with van der Waals surface area (Å²) in [5.41, 5.74) is 0.512. The molecule has 5 aliphatic rings. The number of nitrogens with one attached hydrogen (secondary N) is 1.